The Morgan fingerprint density at radius 1 is 1.17 bits per heavy atom. The van der Waals surface area contributed by atoms with E-state index in [2.05, 4.69) is 16.2 Å². The molecule has 0 bridgehead atoms. The lowest BCUT2D eigenvalue weighted by Crippen LogP contribution is -2.50. The molecular weight excluding hydrogens is 248 g/mol. The highest BCUT2D eigenvalue weighted by atomic mass is 32.1. The van der Waals surface area contributed by atoms with Crippen LogP contribution in [0.15, 0.2) is 30.3 Å². The second-order valence-corrected chi connectivity index (χ2v) is 5.35. The summed E-state index contributed by atoms with van der Waals surface area (Å²) < 4.78 is 0.562. The Hall–Kier alpha value is -1.66. The summed E-state index contributed by atoms with van der Waals surface area (Å²) in [7, 11) is 5.83. The van der Waals surface area contributed by atoms with Gasteiger partial charge in [0.1, 0.15) is 0 Å². The van der Waals surface area contributed by atoms with Crippen LogP contribution in [0.3, 0.4) is 0 Å². The Morgan fingerprint density at radius 2 is 1.78 bits per heavy atom. The van der Waals surface area contributed by atoms with Gasteiger partial charge >= 0.3 is 0 Å². The van der Waals surface area contributed by atoms with Gasteiger partial charge in [-0.1, -0.05) is 18.2 Å². The van der Waals surface area contributed by atoms with E-state index in [1.165, 1.54) is 0 Å². The van der Waals surface area contributed by atoms with Crippen LogP contribution in [0.5, 0.6) is 0 Å². The Labute approximate surface area is 113 Å². The van der Waals surface area contributed by atoms with Crippen LogP contribution in [0.1, 0.15) is 0 Å². The molecule has 3 N–H and O–H groups in total. The molecule has 0 unspecified atom stereocenters. The fourth-order valence-electron chi connectivity index (χ4n) is 1.28. The Bertz CT molecular complexity index is 414. The molecular formula is C12H19N4OS+. The van der Waals surface area contributed by atoms with E-state index in [1.807, 2.05) is 51.5 Å². The standard InChI is InChI=1S/C12H18N4OS/c1-16(2,3)9-11(17)14-15-12(18)13-10-7-5-4-6-8-10/h4-8H,9H2,1-3H3,(H2-,13,14,15,17,18)/p+1. The lowest BCUT2D eigenvalue weighted by atomic mass is 10.3. The van der Waals surface area contributed by atoms with Crippen LogP contribution in [0.2, 0.25) is 0 Å². The van der Waals surface area contributed by atoms with Gasteiger partial charge in [0.05, 0.1) is 21.1 Å². The predicted molar refractivity (Wildman–Crippen MR) is 76.8 cm³/mol. The first kappa shape index (κ1) is 14.4. The number of hydrogen-bond acceptors (Lipinski definition) is 2. The van der Waals surface area contributed by atoms with Crippen LogP contribution in [0, 0.1) is 0 Å². The van der Waals surface area contributed by atoms with Crippen molar-refractivity contribution in [3.8, 4) is 0 Å². The van der Waals surface area contributed by atoms with E-state index in [-0.39, 0.29) is 5.91 Å². The highest BCUT2D eigenvalue weighted by Crippen LogP contribution is 2.03. The van der Waals surface area contributed by atoms with Gasteiger partial charge in [-0.25, -0.2) is 0 Å². The van der Waals surface area contributed by atoms with Crippen LogP contribution >= 0.6 is 12.2 Å². The summed E-state index contributed by atoms with van der Waals surface area (Å²) in [6.45, 7) is 0.376. The van der Waals surface area contributed by atoms with Gasteiger partial charge in [-0.15, -0.1) is 0 Å². The zero-order valence-electron chi connectivity index (χ0n) is 10.9. The van der Waals surface area contributed by atoms with Gasteiger partial charge in [0.2, 0.25) is 0 Å². The highest BCUT2D eigenvalue weighted by molar-refractivity contribution is 7.80. The molecule has 0 heterocycles. The van der Waals surface area contributed by atoms with Gasteiger partial charge in [-0.05, 0) is 24.4 Å². The molecule has 0 spiro atoms. The third-order valence-corrected chi connectivity index (χ3v) is 2.17. The summed E-state index contributed by atoms with van der Waals surface area (Å²) in [5.41, 5.74) is 6.09. The first-order valence-electron chi connectivity index (χ1n) is 5.58. The number of quaternary nitrogens is 1. The molecule has 0 aliphatic rings. The van der Waals surface area contributed by atoms with E-state index in [9.17, 15) is 4.79 Å². The van der Waals surface area contributed by atoms with Gasteiger partial charge in [-0.3, -0.25) is 15.6 Å². The maximum atomic E-state index is 11.5. The van der Waals surface area contributed by atoms with Gasteiger partial charge in [0, 0.05) is 5.69 Å². The number of para-hydroxylation sites is 1. The molecule has 0 fully saturated rings. The zero-order chi connectivity index (χ0) is 13.6. The van der Waals surface area contributed by atoms with Crippen molar-refractivity contribution in [1.82, 2.24) is 10.9 Å². The van der Waals surface area contributed by atoms with Crippen LogP contribution in [-0.2, 0) is 4.79 Å². The number of nitrogens with zero attached hydrogens (tertiary/aromatic N) is 1. The second-order valence-electron chi connectivity index (χ2n) is 4.94. The molecule has 5 nitrogen and oxygen atoms in total. The molecule has 0 atom stereocenters. The summed E-state index contributed by atoms with van der Waals surface area (Å²) in [6.07, 6.45) is 0. The van der Waals surface area contributed by atoms with Crippen molar-refractivity contribution >= 4 is 28.9 Å². The van der Waals surface area contributed by atoms with Crippen molar-refractivity contribution in [2.24, 2.45) is 0 Å². The SMILES string of the molecule is C[N+](C)(C)CC(=O)NNC(=S)Nc1ccccc1. The number of hydrogen-bond donors (Lipinski definition) is 3. The molecule has 18 heavy (non-hydrogen) atoms. The molecule has 0 aromatic heterocycles. The zero-order valence-corrected chi connectivity index (χ0v) is 11.7. The van der Waals surface area contributed by atoms with Crippen molar-refractivity contribution in [2.45, 2.75) is 0 Å². The van der Waals surface area contributed by atoms with Crippen molar-refractivity contribution in [2.75, 3.05) is 33.0 Å². The number of amides is 1. The number of anilines is 1. The largest absolute Gasteiger partial charge is 0.331 e. The van der Waals surface area contributed by atoms with E-state index < -0.39 is 0 Å². The Morgan fingerprint density at radius 3 is 2.33 bits per heavy atom. The van der Waals surface area contributed by atoms with E-state index in [0.29, 0.717) is 16.1 Å². The number of carbonyl (C=O) groups is 1. The van der Waals surface area contributed by atoms with Gasteiger partial charge in [0.15, 0.2) is 11.7 Å². The fourth-order valence-corrected chi connectivity index (χ4v) is 1.45. The molecule has 0 aliphatic heterocycles. The van der Waals surface area contributed by atoms with Crippen molar-refractivity contribution in [3.05, 3.63) is 30.3 Å². The minimum absolute atomic E-state index is 0.111. The molecule has 1 aromatic carbocycles. The van der Waals surface area contributed by atoms with E-state index in [1.54, 1.807) is 0 Å². The quantitative estimate of drug-likeness (QED) is 0.429. The number of benzene rings is 1. The van der Waals surface area contributed by atoms with Gasteiger partial charge < -0.3 is 9.80 Å². The van der Waals surface area contributed by atoms with Gasteiger partial charge in [0.25, 0.3) is 5.91 Å². The molecule has 6 heteroatoms. The monoisotopic (exact) mass is 267 g/mol. The minimum atomic E-state index is -0.111. The molecule has 0 aliphatic carbocycles. The van der Waals surface area contributed by atoms with Crippen molar-refractivity contribution < 1.29 is 9.28 Å². The normalized spacial score (nSPS) is 10.6. The topological polar surface area (TPSA) is 53.2 Å². The summed E-state index contributed by atoms with van der Waals surface area (Å²) in [6, 6.07) is 9.51. The maximum Gasteiger partial charge on any atom is 0.293 e. The van der Waals surface area contributed by atoms with Crippen molar-refractivity contribution in [3.63, 3.8) is 0 Å². The predicted octanol–water partition coefficient (Wildman–Crippen LogP) is 0.710. The smallest absolute Gasteiger partial charge is 0.293 e. The summed E-state index contributed by atoms with van der Waals surface area (Å²) in [5, 5.41) is 3.32. The number of nitrogens with one attached hydrogen (secondary N) is 3. The third kappa shape index (κ3) is 6.17. The molecule has 0 saturated heterocycles. The average molecular weight is 267 g/mol. The Balaban J connectivity index is 2.32. The fraction of sp³-hybridized carbons (Fsp3) is 0.333. The lowest BCUT2D eigenvalue weighted by Gasteiger charge is -2.23. The van der Waals surface area contributed by atoms with Crippen LogP contribution < -0.4 is 16.2 Å². The first-order chi connectivity index (χ1) is 8.37. The second kappa shape index (κ2) is 6.32. The maximum absolute atomic E-state index is 11.5. The lowest BCUT2D eigenvalue weighted by molar-refractivity contribution is -0.862. The minimum Gasteiger partial charge on any atom is -0.331 e. The molecule has 1 amide bonds. The molecule has 1 aromatic rings. The van der Waals surface area contributed by atoms with E-state index >= 15 is 0 Å². The summed E-state index contributed by atoms with van der Waals surface area (Å²) >= 11 is 5.05. The van der Waals surface area contributed by atoms with E-state index in [4.69, 9.17) is 12.2 Å². The number of rotatable bonds is 3. The number of likely N-dealkylation sites (N-methyl/N-ethyl adjacent to an activating group) is 1. The van der Waals surface area contributed by atoms with Crippen LogP contribution in [0.25, 0.3) is 0 Å². The molecule has 1 rings (SSSR count). The number of carbonyl (C=O) groups excluding carboxylic acids is 1. The van der Waals surface area contributed by atoms with Crippen LogP contribution in [-0.4, -0.2) is 43.2 Å². The first-order valence-corrected chi connectivity index (χ1v) is 5.99. The van der Waals surface area contributed by atoms with Crippen LogP contribution in [0.4, 0.5) is 5.69 Å². The highest BCUT2D eigenvalue weighted by Gasteiger charge is 2.13. The van der Waals surface area contributed by atoms with Gasteiger partial charge in [-0.2, -0.15) is 0 Å². The molecule has 98 valence electrons. The number of hydrazine groups is 1. The summed E-state index contributed by atoms with van der Waals surface area (Å²) in [5.74, 6) is -0.111. The molecule has 0 radical (unpaired) electrons. The average Bonchev–Trinajstić information content (AvgIpc) is 2.25. The van der Waals surface area contributed by atoms with Crippen molar-refractivity contribution in [1.29, 1.82) is 0 Å². The van der Waals surface area contributed by atoms with E-state index in [0.717, 1.165) is 5.69 Å². The molecule has 0 saturated carbocycles. The third-order valence-electron chi connectivity index (χ3n) is 1.97. The number of thiocarbonyl (C=S) groups is 1. The summed E-state index contributed by atoms with van der Waals surface area (Å²) in [4.78, 5) is 11.5. The Kier molecular flexibility index (Phi) is 5.06.